The lowest BCUT2D eigenvalue weighted by Gasteiger charge is -2.28. The molecule has 1 aliphatic rings. The van der Waals surface area contributed by atoms with Crippen LogP contribution in [0.25, 0.3) is 11.0 Å². The number of carbonyl (C=O) groups is 2. The lowest BCUT2D eigenvalue weighted by Crippen LogP contribution is -2.42. The van der Waals surface area contributed by atoms with E-state index in [-0.39, 0.29) is 29.0 Å². The van der Waals surface area contributed by atoms with Crippen LogP contribution in [0.2, 0.25) is 0 Å². The van der Waals surface area contributed by atoms with Gasteiger partial charge in [0.05, 0.1) is 24.7 Å². The van der Waals surface area contributed by atoms with Crippen LogP contribution in [0.5, 0.6) is 0 Å². The fraction of sp³-hybridized carbons (Fsp3) is 0.320. The molecule has 0 spiro atoms. The van der Waals surface area contributed by atoms with Crippen molar-refractivity contribution in [2.45, 2.75) is 19.0 Å². The molecule has 10 heteroatoms. The summed E-state index contributed by atoms with van der Waals surface area (Å²) in [7, 11) is 0. The van der Waals surface area contributed by atoms with Gasteiger partial charge in [0.2, 0.25) is 11.8 Å². The highest BCUT2D eigenvalue weighted by molar-refractivity contribution is 5.97. The number of alkyl halides is 3. The van der Waals surface area contributed by atoms with Gasteiger partial charge in [-0.3, -0.25) is 9.59 Å². The quantitative estimate of drug-likeness (QED) is 0.533. The van der Waals surface area contributed by atoms with Gasteiger partial charge >= 0.3 is 11.8 Å². The molecule has 2 amide bonds. The molecule has 1 unspecified atom stereocenters. The van der Waals surface area contributed by atoms with E-state index in [0.29, 0.717) is 38.8 Å². The maximum atomic E-state index is 13.3. The first-order valence-electron chi connectivity index (χ1n) is 11.1. The highest BCUT2D eigenvalue weighted by atomic mass is 19.4. The molecule has 1 aliphatic heterocycles. The van der Waals surface area contributed by atoms with E-state index < -0.39 is 29.2 Å². The molecule has 7 nitrogen and oxygen atoms in total. The van der Waals surface area contributed by atoms with Gasteiger partial charge in [-0.25, -0.2) is 4.79 Å². The largest absolute Gasteiger partial charge is 0.423 e. The predicted molar refractivity (Wildman–Crippen MR) is 122 cm³/mol. The Bertz CT molecular complexity index is 1270. The number of nitrogens with one attached hydrogen (secondary N) is 1. The standard InChI is InChI=1S/C25H23F3N2O5/c26-25(27,28)20-15-23(32)35-21-14-18(6-7-19(20)21)29-24(33)17(12-16-4-2-1-3-5-16)13-22(31)30-8-10-34-11-9-30/h1-7,14-15,17H,8-13H2,(H,29,33). The summed E-state index contributed by atoms with van der Waals surface area (Å²) in [5.41, 5.74) is -1.54. The average Bonchev–Trinajstić information content (AvgIpc) is 2.83. The van der Waals surface area contributed by atoms with E-state index >= 15 is 0 Å². The third-order valence-electron chi connectivity index (χ3n) is 5.80. The van der Waals surface area contributed by atoms with Crippen LogP contribution in [0.3, 0.4) is 0 Å². The molecule has 1 atom stereocenters. The van der Waals surface area contributed by atoms with Crippen LogP contribution in [0.1, 0.15) is 17.5 Å². The molecule has 2 heterocycles. The summed E-state index contributed by atoms with van der Waals surface area (Å²) >= 11 is 0. The number of amides is 2. The smallest absolute Gasteiger partial charge is 0.417 e. The van der Waals surface area contributed by atoms with Crippen molar-refractivity contribution < 1.29 is 31.9 Å². The molecule has 0 radical (unpaired) electrons. The van der Waals surface area contributed by atoms with Crippen molar-refractivity contribution >= 4 is 28.5 Å². The number of hydrogen-bond donors (Lipinski definition) is 1. The first-order valence-corrected chi connectivity index (χ1v) is 11.1. The Morgan fingerprint density at radius 2 is 1.74 bits per heavy atom. The molecule has 4 rings (SSSR count). The molecule has 0 saturated carbocycles. The highest BCUT2D eigenvalue weighted by Crippen LogP contribution is 2.34. The van der Waals surface area contributed by atoms with Gasteiger partial charge in [0, 0.05) is 42.7 Å². The molecule has 1 saturated heterocycles. The van der Waals surface area contributed by atoms with E-state index in [1.165, 1.54) is 12.1 Å². The SMILES string of the molecule is O=C(Nc1ccc2c(C(F)(F)F)cc(=O)oc2c1)C(CC(=O)N1CCOCC1)Cc1ccccc1. The molecule has 0 bridgehead atoms. The van der Waals surface area contributed by atoms with Crippen molar-refractivity contribution in [3.05, 3.63) is 76.1 Å². The average molecular weight is 488 g/mol. The van der Waals surface area contributed by atoms with Crippen molar-refractivity contribution in [2.24, 2.45) is 5.92 Å². The van der Waals surface area contributed by atoms with E-state index in [1.54, 1.807) is 4.90 Å². The number of benzene rings is 2. The van der Waals surface area contributed by atoms with E-state index in [4.69, 9.17) is 9.15 Å². The zero-order chi connectivity index (χ0) is 25.0. The van der Waals surface area contributed by atoms with Gasteiger partial charge in [-0.15, -0.1) is 0 Å². The summed E-state index contributed by atoms with van der Waals surface area (Å²) in [5.74, 6) is -1.37. The molecular formula is C25H23F3N2O5. The van der Waals surface area contributed by atoms with Gasteiger partial charge in [0.25, 0.3) is 0 Å². The van der Waals surface area contributed by atoms with Crippen LogP contribution in [-0.4, -0.2) is 43.0 Å². The molecule has 184 valence electrons. The van der Waals surface area contributed by atoms with Crippen LogP contribution in [0.4, 0.5) is 18.9 Å². The molecule has 3 aromatic rings. The highest BCUT2D eigenvalue weighted by Gasteiger charge is 2.34. The van der Waals surface area contributed by atoms with Gasteiger partial charge < -0.3 is 19.4 Å². The van der Waals surface area contributed by atoms with Crippen molar-refractivity contribution in [3.63, 3.8) is 0 Å². The summed E-state index contributed by atoms with van der Waals surface area (Å²) < 4.78 is 50.1. The Morgan fingerprint density at radius 1 is 1.03 bits per heavy atom. The lowest BCUT2D eigenvalue weighted by atomic mass is 9.94. The Hall–Kier alpha value is -3.66. The Balaban J connectivity index is 1.57. The number of halogens is 3. The Kier molecular flexibility index (Phi) is 7.20. The lowest BCUT2D eigenvalue weighted by molar-refractivity contribution is -0.138. The van der Waals surface area contributed by atoms with Crippen LogP contribution in [0, 0.1) is 5.92 Å². The van der Waals surface area contributed by atoms with Crippen LogP contribution in [0.15, 0.2) is 63.8 Å². The Morgan fingerprint density at radius 3 is 2.43 bits per heavy atom. The van der Waals surface area contributed by atoms with Crippen molar-refractivity contribution in [3.8, 4) is 0 Å². The molecule has 1 fully saturated rings. The van der Waals surface area contributed by atoms with Crippen molar-refractivity contribution in [1.82, 2.24) is 4.90 Å². The minimum Gasteiger partial charge on any atom is -0.423 e. The van der Waals surface area contributed by atoms with Crippen LogP contribution < -0.4 is 10.9 Å². The zero-order valence-electron chi connectivity index (χ0n) is 18.6. The number of rotatable bonds is 6. The molecule has 1 N–H and O–H groups in total. The first kappa shape index (κ1) is 24.5. The molecule has 0 aliphatic carbocycles. The van der Waals surface area contributed by atoms with Gasteiger partial charge in [-0.2, -0.15) is 13.2 Å². The summed E-state index contributed by atoms with van der Waals surface area (Å²) in [5, 5.41) is 2.37. The molecular weight excluding hydrogens is 465 g/mol. The second kappa shape index (κ2) is 10.3. The van der Waals surface area contributed by atoms with Crippen LogP contribution in [-0.2, 0) is 26.9 Å². The molecule has 2 aromatic carbocycles. The predicted octanol–water partition coefficient (Wildman–Crippen LogP) is 3.86. The summed E-state index contributed by atoms with van der Waals surface area (Å²) in [6.07, 6.45) is -4.48. The normalized spacial score (nSPS) is 15.1. The number of fused-ring (bicyclic) bond motifs is 1. The Labute approximate surface area is 198 Å². The minimum absolute atomic E-state index is 0.0401. The summed E-state index contributed by atoms with van der Waals surface area (Å²) in [4.78, 5) is 39.3. The third kappa shape index (κ3) is 6.07. The second-order valence-corrected chi connectivity index (χ2v) is 8.26. The van der Waals surface area contributed by atoms with E-state index in [1.807, 2.05) is 30.3 Å². The van der Waals surface area contributed by atoms with E-state index in [0.717, 1.165) is 11.6 Å². The van der Waals surface area contributed by atoms with E-state index in [9.17, 15) is 27.6 Å². The summed E-state index contributed by atoms with van der Waals surface area (Å²) in [6, 6.07) is 13.2. The number of carbonyl (C=O) groups excluding carboxylic acids is 2. The van der Waals surface area contributed by atoms with E-state index in [2.05, 4.69) is 5.32 Å². The second-order valence-electron chi connectivity index (χ2n) is 8.26. The number of nitrogens with zero attached hydrogens (tertiary/aromatic N) is 1. The fourth-order valence-electron chi connectivity index (χ4n) is 4.03. The number of hydrogen-bond acceptors (Lipinski definition) is 5. The topological polar surface area (TPSA) is 88.8 Å². The van der Waals surface area contributed by atoms with Gasteiger partial charge in [0.1, 0.15) is 5.58 Å². The first-order chi connectivity index (χ1) is 16.7. The zero-order valence-corrected chi connectivity index (χ0v) is 18.6. The van der Waals surface area contributed by atoms with Crippen molar-refractivity contribution in [1.29, 1.82) is 0 Å². The van der Waals surface area contributed by atoms with Crippen molar-refractivity contribution in [2.75, 3.05) is 31.6 Å². The number of anilines is 1. The fourth-order valence-corrected chi connectivity index (χ4v) is 4.03. The summed E-state index contributed by atoms with van der Waals surface area (Å²) in [6.45, 7) is 1.76. The number of ether oxygens (including phenoxy) is 1. The maximum Gasteiger partial charge on any atom is 0.417 e. The van der Waals surface area contributed by atoms with Crippen LogP contribution >= 0.6 is 0 Å². The van der Waals surface area contributed by atoms with Gasteiger partial charge in [0.15, 0.2) is 0 Å². The molecule has 1 aromatic heterocycles. The third-order valence-corrected chi connectivity index (χ3v) is 5.80. The monoisotopic (exact) mass is 488 g/mol. The maximum absolute atomic E-state index is 13.3. The number of morpholine rings is 1. The minimum atomic E-state index is -4.74. The molecule has 35 heavy (non-hydrogen) atoms. The van der Waals surface area contributed by atoms with Gasteiger partial charge in [-0.05, 0) is 24.1 Å². The van der Waals surface area contributed by atoms with Gasteiger partial charge in [-0.1, -0.05) is 30.3 Å².